The standard InChI is InChI=1S/C17H26BrNO/c1-4-17(5-2)8-10-19(11-9-17)14-6-7-15(13(3)20)16(18)12-14/h6-7,12-13,20H,4-5,8-11H2,1-3H3/t13-/m0/s1. The summed E-state index contributed by atoms with van der Waals surface area (Å²) in [5.74, 6) is 0. The highest BCUT2D eigenvalue weighted by molar-refractivity contribution is 9.10. The van der Waals surface area contributed by atoms with Crippen LogP contribution in [0.4, 0.5) is 5.69 Å². The van der Waals surface area contributed by atoms with Crippen molar-refractivity contribution in [3.05, 3.63) is 28.2 Å². The molecule has 1 heterocycles. The predicted octanol–water partition coefficient (Wildman–Crippen LogP) is 4.91. The smallest absolute Gasteiger partial charge is 0.0772 e. The van der Waals surface area contributed by atoms with Crippen molar-refractivity contribution in [3.8, 4) is 0 Å². The van der Waals surface area contributed by atoms with E-state index in [2.05, 4.69) is 46.8 Å². The molecule has 0 unspecified atom stereocenters. The van der Waals surface area contributed by atoms with E-state index < -0.39 is 6.10 Å². The predicted molar refractivity (Wildman–Crippen MR) is 89.2 cm³/mol. The molecule has 1 atom stereocenters. The van der Waals surface area contributed by atoms with Crippen molar-refractivity contribution in [2.75, 3.05) is 18.0 Å². The molecule has 3 heteroatoms. The van der Waals surface area contributed by atoms with Gasteiger partial charge in [-0.2, -0.15) is 0 Å². The van der Waals surface area contributed by atoms with Gasteiger partial charge in [0.1, 0.15) is 0 Å². The van der Waals surface area contributed by atoms with Crippen LogP contribution in [0.1, 0.15) is 58.1 Å². The van der Waals surface area contributed by atoms with Crippen molar-refractivity contribution in [2.45, 2.75) is 52.6 Å². The number of rotatable bonds is 4. The second-order valence-electron chi connectivity index (χ2n) is 6.08. The summed E-state index contributed by atoms with van der Waals surface area (Å²) in [7, 11) is 0. The van der Waals surface area contributed by atoms with Gasteiger partial charge in [0.05, 0.1) is 6.10 Å². The van der Waals surface area contributed by atoms with E-state index in [1.165, 1.54) is 31.4 Å². The molecule has 20 heavy (non-hydrogen) atoms. The fourth-order valence-electron chi connectivity index (χ4n) is 3.25. The molecule has 0 spiro atoms. The van der Waals surface area contributed by atoms with Crippen LogP contribution < -0.4 is 4.90 Å². The Bertz CT molecular complexity index is 444. The van der Waals surface area contributed by atoms with Gasteiger partial charge in [0.2, 0.25) is 0 Å². The summed E-state index contributed by atoms with van der Waals surface area (Å²) in [5.41, 5.74) is 2.79. The third-order valence-corrected chi connectivity index (χ3v) is 5.81. The molecule has 1 aromatic rings. The average molecular weight is 340 g/mol. The molecule has 0 saturated carbocycles. The molecule has 1 aliphatic heterocycles. The molecule has 0 radical (unpaired) electrons. The summed E-state index contributed by atoms with van der Waals surface area (Å²) in [6.45, 7) is 8.74. The van der Waals surface area contributed by atoms with Crippen molar-refractivity contribution >= 4 is 21.6 Å². The molecular weight excluding hydrogens is 314 g/mol. The minimum absolute atomic E-state index is 0.424. The highest BCUT2D eigenvalue weighted by atomic mass is 79.9. The summed E-state index contributed by atoms with van der Waals surface area (Å²) in [4.78, 5) is 2.47. The zero-order valence-corrected chi connectivity index (χ0v) is 14.4. The van der Waals surface area contributed by atoms with Crippen LogP contribution in [0, 0.1) is 5.41 Å². The highest BCUT2D eigenvalue weighted by Crippen LogP contribution is 2.39. The third-order valence-electron chi connectivity index (χ3n) is 5.12. The molecule has 1 saturated heterocycles. The zero-order valence-electron chi connectivity index (χ0n) is 12.8. The molecule has 0 aliphatic carbocycles. The van der Waals surface area contributed by atoms with E-state index in [0.717, 1.165) is 23.1 Å². The topological polar surface area (TPSA) is 23.5 Å². The summed E-state index contributed by atoms with van der Waals surface area (Å²) >= 11 is 3.58. The first-order chi connectivity index (χ1) is 9.51. The van der Waals surface area contributed by atoms with E-state index in [1.807, 2.05) is 6.07 Å². The molecular formula is C17H26BrNO. The Morgan fingerprint density at radius 3 is 2.30 bits per heavy atom. The normalized spacial score (nSPS) is 19.9. The van der Waals surface area contributed by atoms with Gasteiger partial charge in [-0.25, -0.2) is 0 Å². The van der Waals surface area contributed by atoms with Crippen LogP contribution in [0.5, 0.6) is 0 Å². The Hall–Kier alpha value is -0.540. The van der Waals surface area contributed by atoms with Crippen LogP contribution >= 0.6 is 15.9 Å². The number of nitrogens with zero attached hydrogens (tertiary/aromatic N) is 1. The lowest BCUT2D eigenvalue weighted by Crippen LogP contribution is -2.39. The minimum Gasteiger partial charge on any atom is -0.389 e. The number of halogens is 1. The molecule has 1 N–H and O–H groups in total. The highest BCUT2D eigenvalue weighted by Gasteiger charge is 2.31. The van der Waals surface area contributed by atoms with Gasteiger partial charge >= 0.3 is 0 Å². The Morgan fingerprint density at radius 2 is 1.85 bits per heavy atom. The Kier molecular flexibility index (Phi) is 5.14. The SMILES string of the molecule is CCC1(CC)CCN(c2ccc([C@H](C)O)c(Br)c2)CC1. The number of hydrogen-bond acceptors (Lipinski definition) is 2. The molecule has 0 aromatic heterocycles. The molecule has 0 amide bonds. The first kappa shape index (κ1) is 15.8. The number of hydrogen-bond donors (Lipinski definition) is 1. The van der Waals surface area contributed by atoms with Gasteiger partial charge in [-0.15, -0.1) is 0 Å². The molecule has 1 aliphatic rings. The third kappa shape index (κ3) is 3.20. The lowest BCUT2D eigenvalue weighted by atomic mass is 9.74. The van der Waals surface area contributed by atoms with E-state index >= 15 is 0 Å². The van der Waals surface area contributed by atoms with Gasteiger partial charge in [0, 0.05) is 23.2 Å². The van der Waals surface area contributed by atoms with Gasteiger partial charge in [-0.1, -0.05) is 48.7 Å². The molecule has 2 nitrogen and oxygen atoms in total. The average Bonchev–Trinajstić information content (AvgIpc) is 2.47. The van der Waals surface area contributed by atoms with E-state index in [-0.39, 0.29) is 0 Å². The first-order valence-electron chi connectivity index (χ1n) is 7.74. The maximum atomic E-state index is 9.69. The maximum Gasteiger partial charge on any atom is 0.0772 e. The van der Waals surface area contributed by atoms with E-state index in [1.54, 1.807) is 6.92 Å². The van der Waals surface area contributed by atoms with Crippen molar-refractivity contribution < 1.29 is 5.11 Å². The lowest BCUT2D eigenvalue weighted by molar-refractivity contribution is 0.198. The largest absolute Gasteiger partial charge is 0.389 e. The van der Waals surface area contributed by atoms with Gasteiger partial charge in [0.25, 0.3) is 0 Å². The van der Waals surface area contributed by atoms with Gasteiger partial charge in [0.15, 0.2) is 0 Å². The van der Waals surface area contributed by atoms with Gasteiger partial charge in [-0.05, 0) is 42.9 Å². The fraction of sp³-hybridized carbons (Fsp3) is 0.647. The van der Waals surface area contributed by atoms with Gasteiger partial charge in [-0.3, -0.25) is 0 Å². The van der Waals surface area contributed by atoms with Crippen LogP contribution in [0.2, 0.25) is 0 Å². The lowest BCUT2D eigenvalue weighted by Gasteiger charge is -2.42. The number of benzene rings is 1. The first-order valence-corrected chi connectivity index (χ1v) is 8.53. The monoisotopic (exact) mass is 339 g/mol. The molecule has 1 aromatic carbocycles. The summed E-state index contributed by atoms with van der Waals surface area (Å²) < 4.78 is 1.01. The molecule has 2 rings (SSSR count). The van der Waals surface area contributed by atoms with Crippen LogP contribution in [0.25, 0.3) is 0 Å². The van der Waals surface area contributed by atoms with Crippen LogP contribution in [0.3, 0.4) is 0 Å². The number of anilines is 1. The number of piperidine rings is 1. The van der Waals surface area contributed by atoms with Crippen molar-refractivity contribution in [3.63, 3.8) is 0 Å². The quantitative estimate of drug-likeness (QED) is 0.842. The number of aliphatic hydroxyl groups is 1. The van der Waals surface area contributed by atoms with Crippen LogP contribution in [-0.2, 0) is 0 Å². The summed E-state index contributed by atoms with van der Waals surface area (Å²) in [6, 6.07) is 6.32. The molecule has 0 bridgehead atoms. The summed E-state index contributed by atoms with van der Waals surface area (Å²) in [6.07, 6.45) is 4.74. The fourth-order valence-corrected chi connectivity index (χ4v) is 3.95. The summed E-state index contributed by atoms with van der Waals surface area (Å²) in [5, 5.41) is 9.69. The Morgan fingerprint density at radius 1 is 1.25 bits per heavy atom. The van der Waals surface area contributed by atoms with Crippen molar-refractivity contribution in [1.82, 2.24) is 0 Å². The Labute approximate surface area is 131 Å². The van der Waals surface area contributed by atoms with Crippen LogP contribution in [-0.4, -0.2) is 18.2 Å². The van der Waals surface area contributed by atoms with E-state index in [9.17, 15) is 5.11 Å². The zero-order chi connectivity index (χ0) is 14.8. The van der Waals surface area contributed by atoms with Crippen molar-refractivity contribution in [2.24, 2.45) is 5.41 Å². The second kappa shape index (κ2) is 6.48. The van der Waals surface area contributed by atoms with Gasteiger partial charge < -0.3 is 10.0 Å². The maximum absolute atomic E-state index is 9.69. The number of aliphatic hydroxyl groups excluding tert-OH is 1. The molecule has 1 fully saturated rings. The Balaban J connectivity index is 2.09. The molecule has 112 valence electrons. The van der Waals surface area contributed by atoms with E-state index in [0.29, 0.717) is 5.41 Å². The van der Waals surface area contributed by atoms with Crippen LogP contribution in [0.15, 0.2) is 22.7 Å². The second-order valence-corrected chi connectivity index (χ2v) is 6.93. The van der Waals surface area contributed by atoms with Crippen molar-refractivity contribution in [1.29, 1.82) is 0 Å². The minimum atomic E-state index is -0.424. The van der Waals surface area contributed by atoms with E-state index in [4.69, 9.17) is 0 Å².